The molecule has 168 valence electrons. The van der Waals surface area contributed by atoms with E-state index in [0.29, 0.717) is 23.5 Å². The fraction of sp³-hybridized carbons (Fsp3) is 0.222. The molecule has 3 aromatic rings. The summed E-state index contributed by atoms with van der Waals surface area (Å²) < 4.78 is 5.54. The quantitative estimate of drug-likeness (QED) is 0.339. The van der Waals surface area contributed by atoms with Crippen LogP contribution in [-0.2, 0) is 16.1 Å². The number of pyridine rings is 1. The molecular weight excluding hydrogens is 416 g/mol. The molecule has 0 aliphatic carbocycles. The fourth-order valence-electron chi connectivity index (χ4n) is 4.13. The molecule has 2 aromatic carbocycles. The first kappa shape index (κ1) is 22.3. The summed E-state index contributed by atoms with van der Waals surface area (Å²) >= 11 is 0. The highest BCUT2D eigenvalue weighted by Crippen LogP contribution is 2.41. The molecule has 2 heterocycles. The number of nitrogens with zero attached hydrogens (tertiary/aromatic N) is 2. The summed E-state index contributed by atoms with van der Waals surface area (Å²) in [7, 11) is 0. The number of hydrogen-bond donors (Lipinski definition) is 1. The van der Waals surface area contributed by atoms with Gasteiger partial charge in [0.15, 0.2) is 0 Å². The summed E-state index contributed by atoms with van der Waals surface area (Å²) in [6.45, 7) is 6.42. The molecule has 0 spiro atoms. The van der Waals surface area contributed by atoms with Crippen LogP contribution in [0.3, 0.4) is 0 Å². The maximum Gasteiger partial charge on any atom is 0.295 e. The third-order valence-corrected chi connectivity index (χ3v) is 5.77. The second kappa shape index (κ2) is 9.28. The number of ketones is 1. The minimum absolute atomic E-state index is 0.0850. The average molecular weight is 443 g/mol. The Morgan fingerprint density at radius 1 is 1.09 bits per heavy atom. The Kier molecular flexibility index (Phi) is 6.27. The Morgan fingerprint density at radius 2 is 1.85 bits per heavy atom. The van der Waals surface area contributed by atoms with Crippen LogP contribution in [0.1, 0.15) is 40.8 Å². The Morgan fingerprint density at radius 3 is 2.52 bits per heavy atom. The van der Waals surface area contributed by atoms with Crippen LogP contribution in [-0.4, -0.2) is 33.3 Å². The number of hydrogen-bond acceptors (Lipinski definition) is 5. The van der Waals surface area contributed by atoms with E-state index in [1.165, 1.54) is 4.90 Å². The average Bonchev–Trinajstić information content (AvgIpc) is 3.06. The van der Waals surface area contributed by atoms with Gasteiger partial charge in [0, 0.05) is 24.5 Å². The van der Waals surface area contributed by atoms with Crippen molar-refractivity contribution in [2.75, 3.05) is 6.61 Å². The van der Waals surface area contributed by atoms with Crippen molar-refractivity contribution in [1.29, 1.82) is 0 Å². The Hall–Kier alpha value is -3.93. The normalized spacial score (nSPS) is 17.4. The van der Waals surface area contributed by atoms with Gasteiger partial charge >= 0.3 is 0 Å². The van der Waals surface area contributed by atoms with E-state index in [-0.39, 0.29) is 17.9 Å². The molecule has 1 atom stereocenters. The van der Waals surface area contributed by atoms with Gasteiger partial charge in [-0.3, -0.25) is 14.6 Å². The first-order valence-corrected chi connectivity index (χ1v) is 10.9. The third kappa shape index (κ3) is 4.37. The molecule has 1 aliphatic heterocycles. The van der Waals surface area contributed by atoms with Crippen molar-refractivity contribution < 1.29 is 19.4 Å². The van der Waals surface area contributed by atoms with E-state index in [1.807, 2.05) is 57.2 Å². The van der Waals surface area contributed by atoms with Crippen molar-refractivity contribution in [3.8, 4) is 5.75 Å². The van der Waals surface area contributed by atoms with E-state index in [0.717, 1.165) is 16.7 Å². The van der Waals surface area contributed by atoms with Gasteiger partial charge < -0.3 is 14.7 Å². The molecule has 1 N–H and O–H groups in total. The van der Waals surface area contributed by atoms with Crippen molar-refractivity contribution in [3.63, 3.8) is 0 Å². The number of ether oxygens (including phenoxy) is 1. The SMILES string of the molecule is CCOc1ccc(C2/C(=C(\O)c3cc(C)ccc3C)C(=O)C(=O)N2Cc2cccnc2)cc1. The molecule has 33 heavy (non-hydrogen) atoms. The monoisotopic (exact) mass is 442 g/mol. The third-order valence-electron chi connectivity index (χ3n) is 5.77. The highest BCUT2D eigenvalue weighted by Gasteiger charge is 2.46. The Balaban J connectivity index is 1.87. The summed E-state index contributed by atoms with van der Waals surface area (Å²) in [5, 5.41) is 11.3. The van der Waals surface area contributed by atoms with Crippen LogP contribution < -0.4 is 4.74 Å². The highest BCUT2D eigenvalue weighted by atomic mass is 16.5. The lowest BCUT2D eigenvalue weighted by Gasteiger charge is -2.25. The Bertz CT molecular complexity index is 1220. The standard InChI is InChI=1S/C27H26N2O4/c1-4-33-21-11-9-20(10-12-21)24-23(25(30)22-14-17(2)7-8-18(22)3)26(31)27(32)29(24)16-19-6-5-13-28-15-19/h5-15,24,30H,4,16H2,1-3H3/b25-23+. The van der Waals surface area contributed by atoms with E-state index in [9.17, 15) is 14.7 Å². The first-order valence-electron chi connectivity index (χ1n) is 10.9. The van der Waals surface area contributed by atoms with Crippen LogP contribution in [0.15, 0.2) is 72.6 Å². The predicted molar refractivity (Wildman–Crippen MR) is 126 cm³/mol. The highest BCUT2D eigenvalue weighted by molar-refractivity contribution is 6.46. The summed E-state index contributed by atoms with van der Waals surface area (Å²) in [6, 6.07) is 15.8. The van der Waals surface area contributed by atoms with Crippen LogP contribution in [0.2, 0.25) is 0 Å². The van der Waals surface area contributed by atoms with Crippen LogP contribution in [0.25, 0.3) is 5.76 Å². The first-order chi connectivity index (χ1) is 15.9. The number of aryl methyl sites for hydroxylation is 2. The van der Waals surface area contributed by atoms with Crippen LogP contribution in [0.4, 0.5) is 0 Å². The van der Waals surface area contributed by atoms with Crippen LogP contribution in [0, 0.1) is 13.8 Å². The second-order valence-corrected chi connectivity index (χ2v) is 8.11. The van der Waals surface area contributed by atoms with Gasteiger partial charge in [0.1, 0.15) is 11.5 Å². The van der Waals surface area contributed by atoms with Crippen molar-refractivity contribution >= 4 is 17.4 Å². The predicted octanol–water partition coefficient (Wildman–Crippen LogP) is 4.72. The van der Waals surface area contributed by atoms with Gasteiger partial charge in [-0.15, -0.1) is 0 Å². The van der Waals surface area contributed by atoms with E-state index >= 15 is 0 Å². The molecule has 1 saturated heterocycles. The smallest absolute Gasteiger partial charge is 0.295 e. The van der Waals surface area contributed by atoms with E-state index in [4.69, 9.17) is 4.74 Å². The number of amides is 1. The van der Waals surface area contributed by atoms with E-state index < -0.39 is 17.7 Å². The van der Waals surface area contributed by atoms with Crippen LogP contribution in [0.5, 0.6) is 5.75 Å². The van der Waals surface area contributed by atoms with Gasteiger partial charge in [0.2, 0.25) is 0 Å². The lowest BCUT2D eigenvalue weighted by molar-refractivity contribution is -0.140. The molecule has 1 fully saturated rings. The summed E-state index contributed by atoms with van der Waals surface area (Å²) in [5.41, 5.74) is 3.91. The van der Waals surface area contributed by atoms with Gasteiger partial charge in [-0.25, -0.2) is 0 Å². The largest absolute Gasteiger partial charge is 0.507 e. The second-order valence-electron chi connectivity index (χ2n) is 8.11. The minimum Gasteiger partial charge on any atom is -0.507 e. The fourth-order valence-corrected chi connectivity index (χ4v) is 4.13. The molecule has 1 aliphatic rings. The number of aliphatic hydroxyl groups is 1. The summed E-state index contributed by atoms with van der Waals surface area (Å²) in [4.78, 5) is 32.0. The molecule has 0 bridgehead atoms. The maximum atomic E-state index is 13.2. The zero-order valence-corrected chi connectivity index (χ0v) is 18.9. The molecule has 0 saturated carbocycles. The maximum absolute atomic E-state index is 13.2. The minimum atomic E-state index is -0.735. The molecule has 4 rings (SSSR count). The lowest BCUT2D eigenvalue weighted by atomic mass is 9.93. The van der Waals surface area contributed by atoms with E-state index in [1.54, 1.807) is 30.6 Å². The number of carbonyl (C=O) groups excluding carboxylic acids is 2. The summed E-state index contributed by atoms with van der Waals surface area (Å²) in [5.74, 6) is -0.817. The molecule has 6 nitrogen and oxygen atoms in total. The van der Waals surface area contributed by atoms with Gasteiger partial charge in [-0.05, 0) is 61.7 Å². The molecule has 1 aromatic heterocycles. The van der Waals surface area contributed by atoms with Gasteiger partial charge in [-0.2, -0.15) is 0 Å². The van der Waals surface area contributed by atoms with Crippen molar-refractivity contribution in [3.05, 3.63) is 100 Å². The van der Waals surface area contributed by atoms with Gasteiger partial charge in [0.25, 0.3) is 11.7 Å². The molecular formula is C27H26N2O4. The molecule has 0 radical (unpaired) electrons. The zero-order chi connectivity index (χ0) is 23.5. The Labute approximate surface area is 193 Å². The lowest BCUT2D eigenvalue weighted by Crippen LogP contribution is -2.29. The number of benzene rings is 2. The van der Waals surface area contributed by atoms with Gasteiger partial charge in [-0.1, -0.05) is 35.9 Å². The van der Waals surface area contributed by atoms with Crippen molar-refractivity contribution in [1.82, 2.24) is 9.88 Å². The van der Waals surface area contributed by atoms with E-state index in [2.05, 4.69) is 4.98 Å². The van der Waals surface area contributed by atoms with Gasteiger partial charge in [0.05, 0.1) is 18.2 Å². The number of aromatic nitrogens is 1. The number of rotatable bonds is 6. The molecule has 1 unspecified atom stereocenters. The summed E-state index contributed by atoms with van der Waals surface area (Å²) in [6.07, 6.45) is 3.32. The number of aliphatic hydroxyl groups excluding tert-OH is 1. The van der Waals surface area contributed by atoms with Crippen molar-refractivity contribution in [2.24, 2.45) is 0 Å². The molecule has 1 amide bonds. The number of likely N-dealkylation sites (tertiary alicyclic amines) is 1. The van der Waals surface area contributed by atoms with Crippen molar-refractivity contribution in [2.45, 2.75) is 33.4 Å². The number of Topliss-reactive ketones (excluding diaryl/α,β-unsaturated/α-hetero) is 1. The van der Waals surface area contributed by atoms with Crippen LogP contribution >= 0.6 is 0 Å². The zero-order valence-electron chi connectivity index (χ0n) is 18.9. The number of carbonyl (C=O) groups is 2. The topological polar surface area (TPSA) is 79.7 Å². The molecule has 6 heteroatoms.